The Hall–Kier alpha value is -2.30. The predicted octanol–water partition coefficient (Wildman–Crippen LogP) is 2.60. The summed E-state index contributed by atoms with van der Waals surface area (Å²) < 4.78 is 31.5. The van der Waals surface area contributed by atoms with Crippen molar-refractivity contribution in [3.8, 4) is 5.75 Å². The number of benzene rings is 1. The molecule has 2 aromatic rings. The highest BCUT2D eigenvalue weighted by atomic mass is 19.1. The number of halogens is 2. The van der Waals surface area contributed by atoms with Gasteiger partial charge < -0.3 is 4.74 Å². The number of nitrogens with zero attached hydrogens (tertiary/aromatic N) is 1. The van der Waals surface area contributed by atoms with Crippen LogP contribution in [0.3, 0.4) is 0 Å². The molecule has 0 atom stereocenters. The predicted molar refractivity (Wildman–Crippen MR) is 60.6 cm³/mol. The van der Waals surface area contributed by atoms with Crippen molar-refractivity contribution in [1.29, 1.82) is 0 Å². The molecule has 0 unspecified atom stereocenters. The number of rotatable bonds is 3. The van der Waals surface area contributed by atoms with Crippen LogP contribution >= 0.6 is 0 Å². The molecule has 0 saturated carbocycles. The molecule has 0 saturated heterocycles. The molecule has 0 fully saturated rings. The molecule has 0 bridgehead atoms. The van der Waals surface area contributed by atoms with E-state index in [1.54, 1.807) is 0 Å². The van der Waals surface area contributed by atoms with Crippen LogP contribution in [0, 0.1) is 11.6 Å². The van der Waals surface area contributed by atoms with Crippen molar-refractivity contribution in [1.82, 2.24) is 4.98 Å². The number of hydrogen-bond donors (Lipinski definition) is 0. The maximum absolute atomic E-state index is 13.4. The Kier molecular flexibility index (Phi) is 3.32. The monoisotopic (exact) mass is 249 g/mol. The van der Waals surface area contributed by atoms with Crippen LogP contribution in [-0.4, -0.2) is 17.9 Å². The SMILES string of the molecule is COc1ccc(C(=O)c2ncccc2F)cc1F. The van der Waals surface area contributed by atoms with E-state index in [1.165, 1.54) is 31.5 Å². The molecule has 0 amide bonds. The van der Waals surface area contributed by atoms with E-state index in [2.05, 4.69) is 4.98 Å². The van der Waals surface area contributed by atoms with Crippen molar-refractivity contribution in [2.24, 2.45) is 0 Å². The lowest BCUT2D eigenvalue weighted by molar-refractivity contribution is 0.102. The normalized spacial score (nSPS) is 10.2. The lowest BCUT2D eigenvalue weighted by atomic mass is 10.1. The average molecular weight is 249 g/mol. The molecule has 3 nitrogen and oxygen atoms in total. The fourth-order valence-corrected chi connectivity index (χ4v) is 1.50. The van der Waals surface area contributed by atoms with E-state index in [9.17, 15) is 13.6 Å². The van der Waals surface area contributed by atoms with Crippen LogP contribution < -0.4 is 4.74 Å². The number of ketones is 1. The first kappa shape index (κ1) is 12.2. The van der Waals surface area contributed by atoms with Crippen molar-refractivity contribution in [3.63, 3.8) is 0 Å². The van der Waals surface area contributed by atoms with Gasteiger partial charge in [-0.2, -0.15) is 0 Å². The Labute approximate surface area is 102 Å². The fourth-order valence-electron chi connectivity index (χ4n) is 1.50. The van der Waals surface area contributed by atoms with Crippen LogP contribution in [0.4, 0.5) is 8.78 Å². The van der Waals surface area contributed by atoms with Gasteiger partial charge in [0, 0.05) is 11.8 Å². The van der Waals surface area contributed by atoms with Crippen LogP contribution in [0.15, 0.2) is 36.5 Å². The maximum Gasteiger partial charge on any atom is 0.214 e. The number of hydrogen-bond acceptors (Lipinski definition) is 3. The van der Waals surface area contributed by atoms with Gasteiger partial charge in [-0.1, -0.05) is 0 Å². The molecular weight excluding hydrogens is 240 g/mol. The topological polar surface area (TPSA) is 39.2 Å². The molecule has 1 aromatic heterocycles. The minimum absolute atomic E-state index is 0.0194. The van der Waals surface area contributed by atoms with Gasteiger partial charge in [0.15, 0.2) is 17.4 Å². The summed E-state index contributed by atoms with van der Waals surface area (Å²) in [6, 6.07) is 6.16. The summed E-state index contributed by atoms with van der Waals surface area (Å²) in [5.74, 6) is -2.07. The van der Waals surface area contributed by atoms with E-state index in [0.29, 0.717) is 0 Å². The summed E-state index contributed by atoms with van der Waals surface area (Å²) >= 11 is 0. The maximum atomic E-state index is 13.4. The molecule has 18 heavy (non-hydrogen) atoms. The molecule has 0 aliphatic rings. The van der Waals surface area contributed by atoms with Crippen LogP contribution in [0.2, 0.25) is 0 Å². The number of pyridine rings is 1. The summed E-state index contributed by atoms with van der Waals surface area (Å²) in [4.78, 5) is 15.6. The van der Waals surface area contributed by atoms with E-state index in [-0.39, 0.29) is 17.0 Å². The number of carbonyl (C=O) groups excluding carboxylic acids is 1. The minimum Gasteiger partial charge on any atom is -0.494 e. The van der Waals surface area contributed by atoms with Crippen molar-refractivity contribution >= 4 is 5.78 Å². The van der Waals surface area contributed by atoms with E-state index in [4.69, 9.17) is 4.74 Å². The van der Waals surface area contributed by atoms with E-state index in [1.807, 2.05) is 0 Å². The van der Waals surface area contributed by atoms with E-state index < -0.39 is 17.4 Å². The fraction of sp³-hybridized carbons (Fsp3) is 0.0769. The first-order chi connectivity index (χ1) is 8.63. The second-order valence-corrected chi connectivity index (χ2v) is 3.51. The molecule has 0 radical (unpaired) electrons. The lowest BCUT2D eigenvalue weighted by Gasteiger charge is -2.04. The summed E-state index contributed by atoms with van der Waals surface area (Å²) in [7, 11) is 1.32. The Morgan fingerprint density at radius 3 is 2.61 bits per heavy atom. The quantitative estimate of drug-likeness (QED) is 0.785. The van der Waals surface area contributed by atoms with Gasteiger partial charge in [0.05, 0.1) is 7.11 Å². The highest BCUT2D eigenvalue weighted by Crippen LogP contribution is 2.19. The molecule has 0 N–H and O–H groups in total. The molecule has 92 valence electrons. The first-order valence-corrected chi connectivity index (χ1v) is 5.12. The second kappa shape index (κ2) is 4.91. The smallest absolute Gasteiger partial charge is 0.214 e. The zero-order valence-corrected chi connectivity index (χ0v) is 9.48. The number of ether oxygens (including phenoxy) is 1. The van der Waals surface area contributed by atoms with Crippen LogP contribution in [-0.2, 0) is 0 Å². The molecule has 1 aromatic carbocycles. The Balaban J connectivity index is 2.41. The zero-order chi connectivity index (χ0) is 13.1. The third-order valence-electron chi connectivity index (χ3n) is 2.39. The minimum atomic E-state index is -0.737. The van der Waals surface area contributed by atoms with Crippen molar-refractivity contribution < 1.29 is 18.3 Å². The number of methoxy groups -OCH3 is 1. The summed E-state index contributed by atoms with van der Waals surface area (Å²) in [6.45, 7) is 0. The van der Waals surface area contributed by atoms with Gasteiger partial charge in [0.2, 0.25) is 5.78 Å². The average Bonchev–Trinajstić information content (AvgIpc) is 2.38. The second-order valence-electron chi connectivity index (χ2n) is 3.51. The molecule has 5 heteroatoms. The van der Waals surface area contributed by atoms with Gasteiger partial charge in [-0.3, -0.25) is 4.79 Å². The number of aromatic nitrogens is 1. The Morgan fingerprint density at radius 2 is 2.00 bits per heavy atom. The Morgan fingerprint density at radius 1 is 1.22 bits per heavy atom. The standard InChI is InChI=1S/C13H9F2NO2/c1-18-11-5-4-8(7-10(11)15)13(17)12-9(14)3-2-6-16-12/h2-7H,1H3. The summed E-state index contributed by atoms with van der Waals surface area (Å²) in [5.41, 5.74) is -0.312. The van der Waals surface area contributed by atoms with Gasteiger partial charge in [-0.25, -0.2) is 13.8 Å². The molecule has 2 rings (SSSR count). The van der Waals surface area contributed by atoms with E-state index >= 15 is 0 Å². The summed E-state index contributed by atoms with van der Waals surface area (Å²) in [6.07, 6.45) is 1.30. The number of carbonyl (C=O) groups is 1. The molecule has 0 aliphatic carbocycles. The van der Waals surface area contributed by atoms with E-state index in [0.717, 1.165) is 12.1 Å². The Bertz CT molecular complexity index is 599. The molecule has 0 aliphatic heterocycles. The third kappa shape index (κ3) is 2.20. The molecular formula is C13H9F2NO2. The van der Waals surface area contributed by atoms with Crippen LogP contribution in [0.5, 0.6) is 5.75 Å². The highest BCUT2D eigenvalue weighted by molar-refractivity contribution is 6.07. The lowest BCUT2D eigenvalue weighted by Crippen LogP contribution is -2.07. The van der Waals surface area contributed by atoms with Gasteiger partial charge >= 0.3 is 0 Å². The van der Waals surface area contributed by atoms with Crippen molar-refractivity contribution in [2.75, 3.05) is 7.11 Å². The highest BCUT2D eigenvalue weighted by Gasteiger charge is 2.16. The molecule has 0 spiro atoms. The largest absolute Gasteiger partial charge is 0.494 e. The van der Waals surface area contributed by atoms with Crippen LogP contribution in [0.1, 0.15) is 16.1 Å². The van der Waals surface area contributed by atoms with Gasteiger partial charge in [0.25, 0.3) is 0 Å². The van der Waals surface area contributed by atoms with Gasteiger partial charge in [-0.05, 0) is 30.3 Å². The third-order valence-corrected chi connectivity index (χ3v) is 2.39. The zero-order valence-electron chi connectivity index (χ0n) is 9.48. The molecule has 1 heterocycles. The van der Waals surface area contributed by atoms with Crippen LogP contribution in [0.25, 0.3) is 0 Å². The summed E-state index contributed by atoms with van der Waals surface area (Å²) in [5, 5.41) is 0. The van der Waals surface area contributed by atoms with Crippen molar-refractivity contribution in [3.05, 3.63) is 59.4 Å². The van der Waals surface area contributed by atoms with Crippen molar-refractivity contribution in [2.45, 2.75) is 0 Å². The van der Waals surface area contributed by atoms with Gasteiger partial charge in [-0.15, -0.1) is 0 Å². The first-order valence-electron chi connectivity index (χ1n) is 5.12. The van der Waals surface area contributed by atoms with Gasteiger partial charge in [0.1, 0.15) is 5.69 Å².